The summed E-state index contributed by atoms with van der Waals surface area (Å²) in [6.07, 6.45) is 1.16. The highest BCUT2D eigenvalue weighted by Gasteiger charge is 2.08. The molecule has 0 saturated heterocycles. The van der Waals surface area contributed by atoms with Crippen molar-refractivity contribution in [2.75, 3.05) is 14.2 Å². The Kier molecular flexibility index (Phi) is 3.95. The maximum Gasteiger partial charge on any atom is 0.133 e. The molecule has 0 aliphatic rings. The topological polar surface area (TPSA) is 35.5 Å². The first-order valence-electron chi connectivity index (χ1n) is 4.07. The fourth-order valence-corrected chi connectivity index (χ4v) is 1.66. The van der Waals surface area contributed by atoms with Gasteiger partial charge < -0.3 is 14.3 Å². The maximum atomic E-state index is 10.4. The van der Waals surface area contributed by atoms with Gasteiger partial charge in [0.1, 0.15) is 17.8 Å². The van der Waals surface area contributed by atoms with Gasteiger partial charge in [0.15, 0.2) is 0 Å². The van der Waals surface area contributed by atoms with Crippen molar-refractivity contribution in [2.45, 2.75) is 6.42 Å². The molecule has 1 rings (SSSR count). The minimum Gasteiger partial charge on any atom is -0.496 e. The van der Waals surface area contributed by atoms with Crippen LogP contribution in [0.15, 0.2) is 16.6 Å². The van der Waals surface area contributed by atoms with Crippen molar-refractivity contribution in [3.8, 4) is 11.5 Å². The number of hydrogen-bond donors (Lipinski definition) is 0. The largest absolute Gasteiger partial charge is 0.496 e. The number of halogens is 1. The smallest absolute Gasteiger partial charge is 0.133 e. The number of aldehydes is 1. The van der Waals surface area contributed by atoms with E-state index in [9.17, 15) is 4.79 Å². The molecular weight excluding hydrogens is 248 g/mol. The fraction of sp³-hybridized carbons (Fsp3) is 0.300. The van der Waals surface area contributed by atoms with Crippen LogP contribution in [-0.4, -0.2) is 20.5 Å². The lowest BCUT2D eigenvalue weighted by Gasteiger charge is -2.10. The average Bonchev–Trinajstić information content (AvgIpc) is 2.20. The molecule has 0 N–H and O–H groups in total. The zero-order chi connectivity index (χ0) is 10.6. The number of carbonyl (C=O) groups excluding carboxylic acids is 1. The number of carbonyl (C=O) groups is 1. The molecular formula is C10H11BrO3. The lowest BCUT2D eigenvalue weighted by molar-refractivity contribution is -0.107. The summed E-state index contributed by atoms with van der Waals surface area (Å²) >= 11 is 3.34. The highest BCUT2D eigenvalue weighted by molar-refractivity contribution is 9.10. The third-order valence-corrected chi connectivity index (χ3v) is 2.48. The van der Waals surface area contributed by atoms with Crippen LogP contribution in [0.2, 0.25) is 0 Å². The van der Waals surface area contributed by atoms with E-state index in [-0.39, 0.29) is 0 Å². The monoisotopic (exact) mass is 258 g/mol. The lowest BCUT2D eigenvalue weighted by atomic mass is 10.1. The van der Waals surface area contributed by atoms with E-state index >= 15 is 0 Å². The molecule has 0 fully saturated rings. The van der Waals surface area contributed by atoms with Crippen molar-refractivity contribution in [3.05, 3.63) is 22.2 Å². The van der Waals surface area contributed by atoms with Gasteiger partial charge in [-0.3, -0.25) is 0 Å². The van der Waals surface area contributed by atoms with Gasteiger partial charge in [-0.1, -0.05) is 0 Å². The Morgan fingerprint density at radius 1 is 1.29 bits per heavy atom. The molecule has 14 heavy (non-hydrogen) atoms. The van der Waals surface area contributed by atoms with E-state index in [1.54, 1.807) is 26.4 Å². The summed E-state index contributed by atoms with van der Waals surface area (Å²) in [6, 6.07) is 3.58. The number of ether oxygens (including phenoxy) is 2. The van der Waals surface area contributed by atoms with Crippen molar-refractivity contribution in [3.63, 3.8) is 0 Å². The number of methoxy groups -OCH3 is 2. The molecule has 1 aromatic rings. The maximum absolute atomic E-state index is 10.4. The molecule has 3 nitrogen and oxygen atoms in total. The summed E-state index contributed by atoms with van der Waals surface area (Å²) < 4.78 is 11.1. The summed E-state index contributed by atoms with van der Waals surface area (Å²) in [5.74, 6) is 1.38. The molecule has 0 aliphatic carbocycles. The lowest BCUT2D eigenvalue weighted by Crippen LogP contribution is -1.95. The first kappa shape index (κ1) is 11.0. The number of benzene rings is 1. The minimum absolute atomic E-state index is 0.326. The van der Waals surface area contributed by atoms with E-state index in [0.717, 1.165) is 16.3 Å². The molecule has 0 unspecified atom stereocenters. The Labute approximate surface area is 91.1 Å². The summed E-state index contributed by atoms with van der Waals surface area (Å²) in [4.78, 5) is 10.4. The van der Waals surface area contributed by atoms with Crippen LogP contribution in [0.3, 0.4) is 0 Å². The number of rotatable bonds is 4. The molecule has 4 heteroatoms. The van der Waals surface area contributed by atoms with E-state index < -0.39 is 0 Å². The first-order valence-corrected chi connectivity index (χ1v) is 4.86. The van der Waals surface area contributed by atoms with Gasteiger partial charge >= 0.3 is 0 Å². The fourth-order valence-electron chi connectivity index (χ4n) is 1.17. The standard InChI is InChI=1S/C10H11BrO3/c1-13-9-6-8(11)10(14-2)5-7(9)3-4-12/h4-6H,3H2,1-2H3. The van der Waals surface area contributed by atoms with Crippen LogP contribution in [0.5, 0.6) is 11.5 Å². The van der Waals surface area contributed by atoms with E-state index in [1.165, 1.54) is 0 Å². The summed E-state index contributed by atoms with van der Waals surface area (Å²) in [5.41, 5.74) is 0.822. The average molecular weight is 259 g/mol. The highest BCUT2D eigenvalue weighted by atomic mass is 79.9. The predicted molar refractivity (Wildman–Crippen MR) is 57.0 cm³/mol. The molecule has 0 radical (unpaired) electrons. The first-order chi connectivity index (χ1) is 6.72. The second-order valence-corrected chi connectivity index (χ2v) is 3.52. The molecule has 0 bridgehead atoms. The van der Waals surface area contributed by atoms with Crippen LogP contribution in [0.25, 0.3) is 0 Å². The molecule has 0 aliphatic heterocycles. The normalized spacial score (nSPS) is 9.64. The molecule has 0 atom stereocenters. The highest BCUT2D eigenvalue weighted by Crippen LogP contribution is 2.32. The van der Waals surface area contributed by atoms with Crippen molar-refractivity contribution < 1.29 is 14.3 Å². The molecule has 76 valence electrons. The van der Waals surface area contributed by atoms with Gasteiger partial charge in [-0.05, 0) is 28.1 Å². The van der Waals surface area contributed by atoms with Crippen LogP contribution >= 0.6 is 15.9 Å². The van der Waals surface area contributed by atoms with Gasteiger partial charge in [0.2, 0.25) is 0 Å². The van der Waals surface area contributed by atoms with Crippen LogP contribution in [-0.2, 0) is 11.2 Å². The summed E-state index contributed by atoms with van der Waals surface area (Å²) in [6.45, 7) is 0. The molecule has 0 saturated carbocycles. The van der Waals surface area contributed by atoms with Crippen molar-refractivity contribution in [1.29, 1.82) is 0 Å². The summed E-state index contributed by atoms with van der Waals surface area (Å²) in [5, 5.41) is 0. The SMILES string of the molecule is COc1cc(CC=O)c(OC)cc1Br. The molecule has 0 spiro atoms. The zero-order valence-corrected chi connectivity index (χ0v) is 9.63. The second kappa shape index (κ2) is 5.00. The van der Waals surface area contributed by atoms with E-state index in [4.69, 9.17) is 9.47 Å². The van der Waals surface area contributed by atoms with Gasteiger partial charge in [0.05, 0.1) is 18.7 Å². The van der Waals surface area contributed by atoms with Gasteiger partial charge in [-0.2, -0.15) is 0 Å². The van der Waals surface area contributed by atoms with Gasteiger partial charge in [0, 0.05) is 12.0 Å². The van der Waals surface area contributed by atoms with Crippen LogP contribution in [0, 0.1) is 0 Å². The Bertz CT molecular complexity index is 336. The third-order valence-electron chi connectivity index (χ3n) is 1.86. The van der Waals surface area contributed by atoms with Crippen molar-refractivity contribution in [2.24, 2.45) is 0 Å². The van der Waals surface area contributed by atoms with E-state index in [0.29, 0.717) is 17.9 Å². The Morgan fingerprint density at radius 3 is 2.43 bits per heavy atom. The van der Waals surface area contributed by atoms with Gasteiger partial charge in [-0.25, -0.2) is 0 Å². The molecule has 0 aromatic heterocycles. The third kappa shape index (κ3) is 2.26. The van der Waals surface area contributed by atoms with Crippen molar-refractivity contribution in [1.82, 2.24) is 0 Å². The molecule has 0 heterocycles. The van der Waals surface area contributed by atoms with Crippen molar-refractivity contribution >= 4 is 22.2 Å². The zero-order valence-electron chi connectivity index (χ0n) is 8.04. The van der Waals surface area contributed by atoms with Crippen LogP contribution < -0.4 is 9.47 Å². The second-order valence-electron chi connectivity index (χ2n) is 2.67. The molecule has 1 aromatic carbocycles. The Balaban J connectivity index is 3.17. The van der Waals surface area contributed by atoms with Gasteiger partial charge in [0.25, 0.3) is 0 Å². The number of hydrogen-bond acceptors (Lipinski definition) is 3. The van der Waals surface area contributed by atoms with E-state index in [2.05, 4.69) is 15.9 Å². The van der Waals surface area contributed by atoms with Crippen LogP contribution in [0.4, 0.5) is 0 Å². The molecule has 0 amide bonds. The quantitative estimate of drug-likeness (QED) is 0.777. The van der Waals surface area contributed by atoms with Crippen LogP contribution in [0.1, 0.15) is 5.56 Å². The van der Waals surface area contributed by atoms with E-state index in [1.807, 2.05) is 0 Å². The van der Waals surface area contributed by atoms with Gasteiger partial charge in [-0.15, -0.1) is 0 Å². The minimum atomic E-state index is 0.326. The Morgan fingerprint density at radius 2 is 1.93 bits per heavy atom. The Hall–Kier alpha value is -1.03. The summed E-state index contributed by atoms with van der Waals surface area (Å²) in [7, 11) is 3.15. The predicted octanol–water partition coefficient (Wildman–Crippen LogP) is 2.21.